The Hall–Kier alpha value is -0.850. The number of aryl methyl sites for hydroxylation is 1. The Balaban J connectivity index is 2.32. The molecule has 2 rings (SSSR count). The molecule has 0 spiro atoms. The van der Waals surface area contributed by atoms with E-state index in [0.29, 0.717) is 23.9 Å². The SMILES string of the molecule is CCn1cc(S(=O)(=O)N2CCC(C)CC2C)cc1CN. The summed E-state index contributed by atoms with van der Waals surface area (Å²) in [5.74, 6) is 0.594. The van der Waals surface area contributed by atoms with Crippen LogP contribution in [0.15, 0.2) is 17.2 Å². The van der Waals surface area contributed by atoms with E-state index in [0.717, 1.165) is 25.1 Å². The first-order chi connectivity index (χ1) is 9.40. The van der Waals surface area contributed by atoms with Crippen LogP contribution in [0.5, 0.6) is 0 Å². The van der Waals surface area contributed by atoms with Gasteiger partial charge in [0.05, 0.1) is 0 Å². The van der Waals surface area contributed by atoms with Crippen LogP contribution in [0, 0.1) is 5.92 Å². The Labute approximate surface area is 121 Å². The van der Waals surface area contributed by atoms with Crippen LogP contribution in [0.2, 0.25) is 0 Å². The third-order valence-corrected chi connectivity index (χ3v) is 6.17. The molecular formula is C14H25N3O2S. The summed E-state index contributed by atoms with van der Waals surface area (Å²) in [4.78, 5) is 0.376. The van der Waals surface area contributed by atoms with E-state index in [1.807, 2.05) is 18.4 Å². The van der Waals surface area contributed by atoms with Crippen molar-refractivity contribution < 1.29 is 8.42 Å². The van der Waals surface area contributed by atoms with E-state index >= 15 is 0 Å². The van der Waals surface area contributed by atoms with Gasteiger partial charge in [-0.1, -0.05) is 6.92 Å². The summed E-state index contributed by atoms with van der Waals surface area (Å²) in [6, 6.07) is 1.78. The zero-order valence-electron chi connectivity index (χ0n) is 12.5. The molecule has 6 heteroatoms. The van der Waals surface area contributed by atoms with Crippen molar-refractivity contribution in [3.05, 3.63) is 18.0 Å². The van der Waals surface area contributed by atoms with Gasteiger partial charge in [-0.3, -0.25) is 0 Å². The summed E-state index contributed by atoms with van der Waals surface area (Å²) in [6.07, 6.45) is 3.57. The first kappa shape index (κ1) is 15.5. The maximum absolute atomic E-state index is 12.8. The van der Waals surface area contributed by atoms with E-state index in [9.17, 15) is 8.42 Å². The molecule has 2 N–H and O–H groups in total. The summed E-state index contributed by atoms with van der Waals surface area (Å²) in [5, 5.41) is 0. The smallest absolute Gasteiger partial charge is 0.244 e. The van der Waals surface area contributed by atoms with Crippen molar-refractivity contribution in [1.82, 2.24) is 8.87 Å². The van der Waals surface area contributed by atoms with Gasteiger partial charge in [0, 0.05) is 37.6 Å². The molecule has 5 nitrogen and oxygen atoms in total. The monoisotopic (exact) mass is 299 g/mol. The molecule has 20 heavy (non-hydrogen) atoms. The predicted octanol–water partition coefficient (Wildman–Crippen LogP) is 1.78. The van der Waals surface area contributed by atoms with Gasteiger partial charge in [0.25, 0.3) is 0 Å². The van der Waals surface area contributed by atoms with Gasteiger partial charge in [0.2, 0.25) is 10.0 Å². The van der Waals surface area contributed by atoms with Crippen molar-refractivity contribution in [3.8, 4) is 0 Å². The fraction of sp³-hybridized carbons (Fsp3) is 0.714. The molecule has 0 amide bonds. The van der Waals surface area contributed by atoms with Crippen LogP contribution in [-0.4, -0.2) is 29.9 Å². The third kappa shape index (κ3) is 2.77. The lowest BCUT2D eigenvalue weighted by Crippen LogP contribution is -2.43. The Kier molecular flexibility index (Phi) is 4.56. The highest BCUT2D eigenvalue weighted by Crippen LogP contribution is 2.28. The zero-order chi connectivity index (χ0) is 14.9. The van der Waals surface area contributed by atoms with E-state index in [2.05, 4.69) is 6.92 Å². The number of sulfonamides is 1. The van der Waals surface area contributed by atoms with Gasteiger partial charge in [0.15, 0.2) is 0 Å². The van der Waals surface area contributed by atoms with Crippen LogP contribution in [0.3, 0.4) is 0 Å². The fourth-order valence-corrected chi connectivity index (χ4v) is 4.73. The molecule has 0 saturated carbocycles. The van der Waals surface area contributed by atoms with Gasteiger partial charge >= 0.3 is 0 Å². The molecule has 2 unspecified atom stereocenters. The lowest BCUT2D eigenvalue weighted by atomic mass is 9.95. The summed E-state index contributed by atoms with van der Waals surface area (Å²) in [5.41, 5.74) is 6.54. The molecule has 0 aliphatic carbocycles. The molecule has 2 atom stereocenters. The molecule has 1 fully saturated rings. The highest BCUT2D eigenvalue weighted by molar-refractivity contribution is 7.89. The minimum atomic E-state index is -3.40. The second kappa shape index (κ2) is 5.87. The van der Waals surface area contributed by atoms with Crippen LogP contribution in [0.4, 0.5) is 0 Å². The maximum atomic E-state index is 12.8. The van der Waals surface area contributed by atoms with Crippen LogP contribution in [0.25, 0.3) is 0 Å². The van der Waals surface area contributed by atoms with Crippen LogP contribution >= 0.6 is 0 Å². The number of piperidine rings is 1. The lowest BCUT2D eigenvalue weighted by Gasteiger charge is -2.35. The molecule has 114 valence electrons. The first-order valence-electron chi connectivity index (χ1n) is 7.31. The standard InChI is InChI=1S/C14H25N3O2S/c1-4-16-10-14(8-13(16)9-15)20(18,19)17-6-5-11(2)7-12(17)3/h8,10-12H,4-7,9,15H2,1-3H3. The van der Waals surface area contributed by atoms with Gasteiger partial charge < -0.3 is 10.3 Å². The van der Waals surface area contributed by atoms with Crippen LogP contribution in [-0.2, 0) is 23.1 Å². The van der Waals surface area contributed by atoms with Gasteiger partial charge in [-0.15, -0.1) is 0 Å². The Bertz CT molecular complexity index is 543. The normalized spacial score (nSPS) is 25.0. The summed E-state index contributed by atoms with van der Waals surface area (Å²) in [7, 11) is -3.40. The molecule has 1 aliphatic rings. The van der Waals surface area contributed by atoms with Crippen molar-refractivity contribution in [3.63, 3.8) is 0 Å². The van der Waals surface area contributed by atoms with Gasteiger partial charge in [-0.25, -0.2) is 8.42 Å². The zero-order valence-corrected chi connectivity index (χ0v) is 13.4. The number of nitrogens with two attached hydrogens (primary N) is 1. The minimum Gasteiger partial charge on any atom is -0.349 e. The Morgan fingerprint density at radius 2 is 2.10 bits per heavy atom. The van der Waals surface area contributed by atoms with Gasteiger partial charge in [-0.05, 0) is 38.7 Å². The summed E-state index contributed by atoms with van der Waals surface area (Å²) in [6.45, 7) is 7.86. The molecule has 1 saturated heterocycles. The quantitative estimate of drug-likeness (QED) is 0.921. The maximum Gasteiger partial charge on any atom is 0.244 e. The van der Waals surface area contributed by atoms with Crippen molar-refractivity contribution >= 4 is 10.0 Å². The molecule has 2 heterocycles. The largest absolute Gasteiger partial charge is 0.349 e. The molecule has 0 aromatic carbocycles. The van der Waals surface area contributed by atoms with Crippen molar-refractivity contribution in [2.24, 2.45) is 11.7 Å². The first-order valence-corrected chi connectivity index (χ1v) is 8.75. The second-order valence-electron chi connectivity index (χ2n) is 5.75. The van der Waals surface area contributed by atoms with Crippen molar-refractivity contribution in [2.45, 2.75) is 57.6 Å². The van der Waals surface area contributed by atoms with E-state index < -0.39 is 10.0 Å². The second-order valence-corrected chi connectivity index (χ2v) is 7.64. The molecule has 1 aromatic rings. The molecule has 1 aliphatic heterocycles. The molecule has 0 radical (unpaired) electrons. The van der Waals surface area contributed by atoms with E-state index in [-0.39, 0.29) is 6.04 Å². The topological polar surface area (TPSA) is 68.3 Å². The lowest BCUT2D eigenvalue weighted by molar-refractivity contribution is 0.220. The van der Waals surface area contributed by atoms with Crippen molar-refractivity contribution in [1.29, 1.82) is 0 Å². The van der Waals surface area contributed by atoms with E-state index in [1.165, 1.54) is 0 Å². The third-order valence-electron chi connectivity index (χ3n) is 4.19. The molecule has 0 bridgehead atoms. The number of aromatic nitrogens is 1. The average Bonchev–Trinajstić information content (AvgIpc) is 2.82. The highest BCUT2D eigenvalue weighted by atomic mass is 32.2. The number of hydrogen-bond acceptors (Lipinski definition) is 3. The van der Waals surface area contributed by atoms with E-state index in [4.69, 9.17) is 5.73 Å². The molecule has 1 aromatic heterocycles. The average molecular weight is 299 g/mol. The Morgan fingerprint density at radius 1 is 1.40 bits per heavy atom. The van der Waals surface area contributed by atoms with Gasteiger partial charge in [-0.2, -0.15) is 4.31 Å². The van der Waals surface area contributed by atoms with Crippen LogP contribution < -0.4 is 5.73 Å². The predicted molar refractivity (Wildman–Crippen MR) is 79.7 cm³/mol. The summed E-state index contributed by atoms with van der Waals surface area (Å²) >= 11 is 0. The van der Waals surface area contributed by atoms with Crippen LogP contribution in [0.1, 0.15) is 39.3 Å². The number of hydrogen-bond donors (Lipinski definition) is 1. The fourth-order valence-electron chi connectivity index (χ4n) is 3.01. The number of nitrogens with zero attached hydrogens (tertiary/aromatic N) is 2. The minimum absolute atomic E-state index is 0.0649. The van der Waals surface area contributed by atoms with E-state index in [1.54, 1.807) is 16.6 Å². The summed E-state index contributed by atoms with van der Waals surface area (Å²) < 4.78 is 29.1. The Morgan fingerprint density at radius 3 is 2.60 bits per heavy atom. The number of rotatable bonds is 4. The van der Waals surface area contributed by atoms with Gasteiger partial charge in [0.1, 0.15) is 4.90 Å². The highest BCUT2D eigenvalue weighted by Gasteiger charge is 2.34. The van der Waals surface area contributed by atoms with Crippen molar-refractivity contribution in [2.75, 3.05) is 6.54 Å². The molecular weight excluding hydrogens is 274 g/mol.